The monoisotopic (exact) mass is 319 g/mol. The number of benzene rings is 2. The lowest BCUT2D eigenvalue weighted by atomic mass is 10.1. The first-order valence-corrected chi connectivity index (χ1v) is 7.18. The zero-order chi connectivity index (χ0) is 16.6. The largest absolute Gasteiger partial charge is 0.497 e. The number of halogens is 3. The van der Waals surface area contributed by atoms with E-state index in [0.29, 0.717) is 6.54 Å². The molecule has 0 unspecified atom stereocenters. The molecular weight excluding hydrogens is 303 g/mol. The lowest BCUT2D eigenvalue weighted by molar-refractivity contribution is -0.137. The maximum atomic E-state index is 12.6. The van der Waals surface area contributed by atoms with Crippen molar-refractivity contribution in [2.45, 2.75) is 19.6 Å². The van der Waals surface area contributed by atoms with Crippen LogP contribution in [0.3, 0.4) is 0 Å². The molecule has 3 aromatic rings. The molecule has 0 radical (unpaired) electrons. The molecule has 2 aromatic carbocycles. The van der Waals surface area contributed by atoms with Crippen LogP contribution in [0.1, 0.15) is 16.8 Å². The first-order valence-electron chi connectivity index (χ1n) is 7.18. The minimum absolute atomic E-state index is 0.528. The van der Waals surface area contributed by atoms with Crippen molar-refractivity contribution in [3.8, 4) is 5.75 Å². The van der Waals surface area contributed by atoms with E-state index in [1.165, 1.54) is 12.1 Å². The molecule has 0 amide bonds. The molecule has 0 fully saturated rings. The van der Waals surface area contributed by atoms with E-state index in [-0.39, 0.29) is 0 Å². The normalized spacial score (nSPS) is 11.9. The molecule has 5 heteroatoms. The van der Waals surface area contributed by atoms with Crippen LogP contribution in [0.4, 0.5) is 13.2 Å². The second-order valence-corrected chi connectivity index (χ2v) is 5.49. The number of nitrogens with zero attached hydrogens (tertiary/aromatic N) is 1. The molecule has 0 aliphatic heterocycles. The van der Waals surface area contributed by atoms with Gasteiger partial charge in [-0.1, -0.05) is 12.1 Å². The van der Waals surface area contributed by atoms with Crippen molar-refractivity contribution in [2.24, 2.45) is 0 Å². The molecule has 0 spiro atoms. The van der Waals surface area contributed by atoms with Gasteiger partial charge in [-0.05, 0) is 48.9 Å². The standard InChI is InChI=1S/C18H16F3NO/c1-12-9-14-10-16(23-2)7-8-17(14)22(12)11-13-3-5-15(6-4-13)18(19,20)21/h3-10H,11H2,1-2H3. The predicted octanol–water partition coefficient (Wildman–Crippen LogP) is 5.03. The molecule has 23 heavy (non-hydrogen) atoms. The molecule has 2 nitrogen and oxygen atoms in total. The van der Waals surface area contributed by atoms with Crippen LogP contribution in [0.25, 0.3) is 10.9 Å². The molecule has 0 aliphatic rings. The smallest absolute Gasteiger partial charge is 0.416 e. The van der Waals surface area contributed by atoms with E-state index in [4.69, 9.17) is 4.74 Å². The van der Waals surface area contributed by atoms with E-state index in [1.807, 2.05) is 31.2 Å². The van der Waals surface area contributed by atoms with Gasteiger partial charge >= 0.3 is 6.18 Å². The van der Waals surface area contributed by atoms with Gasteiger partial charge in [0.25, 0.3) is 0 Å². The average Bonchev–Trinajstić information content (AvgIpc) is 2.82. The second kappa shape index (κ2) is 5.65. The van der Waals surface area contributed by atoms with Crippen LogP contribution in [0.2, 0.25) is 0 Å². The van der Waals surface area contributed by atoms with Crippen molar-refractivity contribution in [1.82, 2.24) is 4.57 Å². The maximum absolute atomic E-state index is 12.6. The first kappa shape index (κ1) is 15.5. The summed E-state index contributed by atoms with van der Waals surface area (Å²) in [5, 5.41) is 1.05. The van der Waals surface area contributed by atoms with Crippen molar-refractivity contribution < 1.29 is 17.9 Å². The highest BCUT2D eigenvalue weighted by molar-refractivity contribution is 5.83. The molecule has 0 saturated heterocycles. The SMILES string of the molecule is COc1ccc2c(c1)cc(C)n2Cc1ccc(C(F)(F)F)cc1. The van der Waals surface area contributed by atoms with Crippen LogP contribution in [-0.4, -0.2) is 11.7 Å². The van der Waals surface area contributed by atoms with Crippen LogP contribution < -0.4 is 4.74 Å². The predicted molar refractivity (Wildman–Crippen MR) is 83.8 cm³/mol. The fourth-order valence-corrected chi connectivity index (χ4v) is 2.71. The van der Waals surface area contributed by atoms with Crippen molar-refractivity contribution in [1.29, 1.82) is 0 Å². The second-order valence-electron chi connectivity index (χ2n) is 5.49. The number of aryl methyl sites for hydroxylation is 1. The fourth-order valence-electron chi connectivity index (χ4n) is 2.71. The third kappa shape index (κ3) is 3.04. The summed E-state index contributed by atoms with van der Waals surface area (Å²) in [4.78, 5) is 0. The van der Waals surface area contributed by atoms with E-state index in [9.17, 15) is 13.2 Å². The molecule has 3 rings (SSSR count). The summed E-state index contributed by atoms with van der Waals surface area (Å²) < 4.78 is 45.2. The Labute approximate surface area is 132 Å². The lowest BCUT2D eigenvalue weighted by Crippen LogP contribution is -2.06. The van der Waals surface area contributed by atoms with Gasteiger partial charge in [-0.3, -0.25) is 0 Å². The maximum Gasteiger partial charge on any atom is 0.416 e. The number of fused-ring (bicyclic) bond motifs is 1. The number of ether oxygens (including phenoxy) is 1. The van der Waals surface area contributed by atoms with Gasteiger partial charge in [0.05, 0.1) is 12.7 Å². The Hall–Kier alpha value is -2.43. The first-order chi connectivity index (χ1) is 10.9. The molecule has 0 N–H and O–H groups in total. The number of alkyl halides is 3. The quantitative estimate of drug-likeness (QED) is 0.661. The van der Waals surface area contributed by atoms with Crippen molar-refractivity contribution >= 4 is 10.9 Å². The summed E-state index contributed by atoms with van der Waals surface area (Å²) in [6.07, 6.45) is -4.30. The molecule has 120 valence electrons. The summed E-state index contributed by atoms with van der Waals surface area (Å²) in [6, 6.07) is 13.1. The zero-order valence-corrected chi connectivity index (χ0v) is 12.8. The summed E-state index contributed by atoms with van der Waals surface area (Å²) in [5.74, 6) is 0.782. The molecule has 0 atom stereocenters. The summed E-state index contributed by atoms with van der Waals surface area (Å²) in [5.41, 5.74) is 2.28. The number of methoxy groups -OCH3 is 1. The van der Waals surface area contributed by atoms with E-state index >= 15 is 0 Å². The molecule has 1 heterocycles. The molecular formula is C18H16F3NO. The Morgan fingerprint density at radius 3 is 2.30 bits per heavy atom. The summed E-state index contributed by atoms with van der Waals surface area (Å²) >= 11 is 0. The Bertz CT molecular complexity index is 832. The Morgan fingerprint density at radius 1 is 1.00 bits per heavy atom. The number of hydrogen-bond acceptors (Lipinski definition) is 1. The van der Waals surface area contributed by atoms with Crippen LogP contribution in [0.15, 0.2) is 48.5 Å². The van der Waals surface area contributed by atoms with Crippen LogP contribution in [0, 0.1) is 6.92 Å². The van der Waals surface area contributed by atoms with Gasteiger partial charge in [0, 0.05) is 23.1 Å². The Balaban J connectivity index is 1.93. The minimum atomic E-state index is -4.30. The topological polar surface area (TPSA) is 14.2 Å². The van der Waals surface area contributed by atoms with Crippen LogP contribution in [0.5, 0.6) is 5.75 Å². The van der Waals surface area contributed by atoms with Crippen LogP contribution >= 0.6 is 0 Å². The van der Waals surface area contributed by atoms with Crippen molar-refractivity contribution in [3.63, 3.8) is 0 Å². The van der Waals surface area contributed by atoms with Crippen molar-refractivity contribution in [2.75, 3.05) is 7.11 Å². The Kier molecular flexibility index (Phi) is 3.80. The molecule has 0 aliphatic carbocycles. The van der Waals surface area contributed by atoms with Gasteiger partial charge in [-0.15, -0.1) is 0 Å². The molecule has 0 bridgehead atoms. The van der Waals surface area contributed by atoms with Gasteiger partial charge in [-0.25, -0.2) is 0 Å². The fraction of sp³-hybridized carbons (Fsp3) is 0.222. The zero-order valence-electron chi connectivity index (χ0n) is 12.8. The van der Waals surface area contributed by atoms with E-state index < -0.39 is 11.7 Å². The third-order valence-electron chi connectivity index (χ3n) is 3.94. The molecule has 0 saturated carbocycles. The van der Waals surface area contributed by atoms with Gasteiger partial charge in [0.2, 0.25) is 0 Å². The summed E-state index contributed by atoms with van der Waals surface area (Å²) in [6.45, 7) is 2.51. The number of hydrogen-bond donors (Lipinski definition) is 0. The Morgan fingerprint density at radius 2 is 1.70 bits per heavy atom. The van der Waals surface area contributed by atoms with E-state index in [1.54, 1.807) is 7.11 Å². The number of rotatable bonds is 3. The number of aromatic nitrogens is 1. The van der Waals surface area contributed by atoms with Crippen molar-refractivity contribution in [3.05, 3.63) is 65.4 Å². The highest BCUT2D eigenvalue weighted by atomic mass is 19.4. The van der Waals surface area contributed by atoms with Crippen LogP contribution in [-0.2, 0) is 12.7 Å². The van der Waals surface area contributed by atoms with E-state index in [2.05, 4.69) is 4.57 Å². The highest BCUT2D eigenvalue weighted by Crippen LogP contribution is 2.30. The van der Waals surface area contributed by atoms with Gasteiger partial charge in [0.15, 0.2) is 0 Å². The molecule has 1 aromatic heterocycles. The summed E-state index contributed by atoms with van der Waals surface area (Å²) in [7, 11) is 1.62. The van der Waals surface area contributed by atoms with Gasteiger partial charge in [-0.2, -0.15) is 13.2 Å². The lowest BCUT2D eigenvalue weighted by Gasteiger charge is -2.11. The average molecular weight is 319 g/mol. The van der Waals surface area contributed by atoms with E-state index in [0.717, 1.165) is 40.0 Å². The third-order valence-corrected chi connectivity index (χ3v) is 3.94. The highest BCUT2D eigenvalue weighted by Gasteiger charge is 2.29. The minimum Gasteiger partial charge on any atom is -0.497 e. The van der Waals surface area contributed by atoms with Gasteiger partial charge in [0.1, 0.15) is 5.75 Å². The van der Waals surface area contributed by atoms with Gasteiger partial charge < -0.3 is 9.30 Å².